The predicted molar refractivity (Wildman–Crippen MR) is 151 cm³/mol. The number of amides is 4. The van der Waals surface area contributed by atoms with Crippen LogP contribution in [0.4, 0.5) is 10.1 Å². The van der Waals surface area contributed by atoms with Crippen LogP contribution in [0.15, 0.2) is 46.5 Å². The molecule has 0 spiro atoms. The average Bonchev–Trinajstić information content (AvgIpc) is 3.31. The van der Waals surface area contributed by atoms with E-state index in [1.54, 1.807) is 26.0 Å². The predicted octanol–water partition coefficient (Wildman–Crippen LogP) is 5.21. The summed E-state index contributed by atoms with van der Waals surface area (Å²) in [5.41, 5.74) is 0.274. The number of benzene rings is 2. The topological polar surface area (TPSA) is 104 Å². The third-order valence-corrected chi connectivity index (χ3v) is 10.3. The highest BCUT2D eigenvalue weighted by atomic mass is 79.9. The lowest BCUT2D eigenvalue weighted by molar-refractivity contribution is -0.140. The molecule has 8 nitrogen and oxygen atoms in total. The molecule has 2 aromatic carbocycles. The Morgan fingerprint density at radius 3 is 2.51 bits per heavy atom. The molecule has 2 aliphatic carbocycles. The molecule has 4 amide bonds. The smallest absolute Gasteiger partial charge is 0.241 e. The van der Waals surface area contributed by atoms with Crippen molar-refractivity contribution in [2.45, 2.75) is 32.6 Å². The Morgan fingerprint density at radius 2 is 1.85 bits per heavy atom. The second-order valence-corrected chi connectivity index (χ2v) is 12.5. The lowest BCUT2D eigenvalue weighted by atomic mass is 9.51. The first-order valence-corrected chi connectivity index (χ1v) is 14.6. The standard InChI is InChI=1S/C30H27BrClFN2O6/c1-4-34-26(37)16-7-6-15-17(23(16)28(34)39)12-18-27(38)35(14-5-8-21(33)20(32)11-14)29(40)30(18,2)24(15)13-9-19(31)25(36)22(10-13)41-3/h5-6,8-11,16-18,23-24,36H,4,7,12H2,1-3H3. The number of carbonyl (C=O) groups is 4. The monoisotopic (exact) mass is 644 g/mol. The number of hydrogen-bond acceptors (Lipinski definition) is 6. The summed E-state index contributed by atoms with van der Waals surface area (Å²) in [5, 5.41) is 10.3. The summed E-state index contributed by atoms with van der Waals surface area (Å²) >= 11 is 9.42. The van der Waals surface area contributed by atoms with E-state index in [1.165, 1.54) is 24.1 Å². The fourth-order valence-corrected chi connectivity index (χ4v) is 8.19. The van der Waals surface area contributed by atoms with Crippen LogP contribution < -0.4 is 9.64 Å². The lowest BCUT2D eigenvalue weighted by Crippen LogP contribution is -2.48. The summed E-state index contributed by atoms with van der Waals surface area (Å²) < 4.78 is 19.8. The van der Waals surface area contributed by atoms with E-state index < -0.39 is 52.6 Å². The number of ether oxygens (including phenoxy) is 1. The van der Waals surface area contributed by atoms with Gasteiger partial charge in [0.15, 0.2) is 11.5 Å². The highest BCUT2D eigenvalue weighted by Crippen LogP contribution is 2.64. The van der Waals surface area contributed by atoms with Crippen LogP contribution in [0, 0.1) is 34.9 Å². The summed E-state index contributed by atoms with van der Waals surface area (Å²) in [6, 6.07) is 7.03. The van der Waals surface area contributed by atoms with Crippen LogP contribution in [-0.2, 0) is 19.2 Å². The van der Waals surface area contributed by atoms with Gasteiger partial charge in [-0.25, -0.2) is 9.29 Å². The van der Waals surface area contributed by atoms with Crippen LogP contribution in [-0.4, -0.2) is 47.3 Å². The van der Waals surface area contributed by atoms with Gasteiger partial charge in [-0.1, -0.05) is 23.3 Å². The first-order chi connectivity index (χ1) is 19.4. The molecule has 6 unspecified atom stereocenters. The number of imide groups is 2. The minimum atomic E-state index is -1.30. The Bertz CT molecular complexity index is 1580. The first-order valence-electron chi connectivity index (χ1n) is 13.4. The molecule has 1 N–H and O–H groups in total. The van der Waals surface area contributed by atoms with Gasteiger partial charge in [-0.2, -0.15) is 0 Å². The maximum atomic E-state index is 14.4. The number of hydrogen-bond donors (Lipinski definition) is 1. The van der Waals surface area contributed by atoms with E-state index >= 15 is 0 Å². The van der Waals surface area contributed by atoms with Crippen LogP contribution in [0.3, 0.4) is 0 Å². The molecule has 4 aliphatic rings. The van der Waals surface area contributed by atoms with Gasteiger partial charge < -0.3 is 9.84 Å². The second-order valence-electron chi connectivity index (χ2n) is 11.2. The molecule has 11 heteroatoms. The normalized spacial score (nSPS) is 30.8. The molecule has 3 fully saturated rings. The van der Waals surface area contributed by atoms with Crippen molar-refractivity contribution >= 4 is 56.8 Å². The molecule has 2 saturated heterocycles. The second kappa shape index (κ2) is 9.66. The molecule has 6 rings (SSSR count). The van der Waals surface area contributed by atoms with E-state index in [-0.39, 0.29) is 47.0 Å². The largest absolute Gasteiger partial charge is 0.503 e. The molecule has 6 atom stereocenters. The molecular weight excluding hydrogens is 619 g/mol. The molecule has 2 heterocycles. The van der Waals surface area contributed by atoms with Crippen molar-refractivity contribution in [3.8, 4) is 11.5 Å². The van der Waals surface area contributed by atoms with E-state index in [1.807, 2.05) is 6.08 Å². The molecular formula is C30H27BrClFN2O6. The van der Waals surface area contributed by atoms with Gasteiger partial charge in [-0.3, -0.25) is 24.1 Å². The average molecular weight is 646 g/mol. The van der Waals surface area contributed by atoms with Crippen molar-refractivity contribution in [2.75, 3.05) is 18.6 Å². The summed E-state index contributed by atoms with van der Waals surface area (Å²) in [6.45, 7) is 3.76. The van der Waals surface area contributed by atoms with Gasteiger partial charge in [0.05, 0.1) is 45.5 Å². The fourth-order valence-electron chi connectivity index (χ4n) is 7.56. The molecule has 41 heavy (non-hydrogen) atoms. The van der Waals surface area contributed by atoms with Gasteiger partial charge in [0.1, 0.15) is 5.82 Å². The fraction of sp³-hybridized carbons (Fsp3) is 0.400. The van der Waals surface area contributed by atoms with Crippen molar-refractivity contribution in [1.29, 1.82) is 0 Å². The van der Waals surface area contributed by atoms with Gasteiger partial charge >= 0.3 is 0 Å². The van der Waals surface area contributed by atoms with Crippen LogP contribution in [0.25, 0.3) is 0 Å². The van der Waals surface area contributed by atoms with Crippen LogP contribution in [0.2, 0.25) is 5.02 Å². The number of fused-ring (bicyclic) bond motifs is 4. The quantitative estimate of drug-likeness (QED) is 0.362. The zero-order valence-corrected chi connectivity index (χ0v) is 24.8. The number of methoxy groups -OCH3 is 1. The molecule has 0 radical (unpaired) electrons. The minimum Gasteiger partial charge on any atom is -0.503 e. The molecule has 0 bridgehead atoms. The van der Waals surface area contributed by atoms with Gasteiger partial charge in [-0.15, -0.1) is 0 Å². The Hall–Kier alpha value is -3.24. The van der Waals surface area contributed by atoms with E-state index in [9.17, 15) is 28.7 Å². The van der Waals surface area contributed by atoms with E-state index in [4.69, 9.17) is 16.3 Å². The molecule has 2 aromatic rings. The van der Waals surface area contributed by atoms with E-state index in [0.29, 0.717) is 16.5 Å². The molecule has 1 saturated carbocycles. The van der Waals surface area contributed by atoms with Crippen LogP contribution >= 0.6 is 27.5 Å². The van der Waals surface area contributed by atoms with Crippen molar-refractivity contribution in [2.24, 2.45) is 29.1 Å². The van der Waals surface area contributed by atoms with Gasteiger partial charge in [0.25, 0.3) is 0 Å². The van der Waals surface area contributed by atoms with Crippen LogP contribution in [0.1, 0.15) is 38.2 Å². The third kappa shape index (κ3) is 3.75. The van der Waals surface area contributed by atoms with Crippen molar-refractivity contribution in [3.63, 3.8) is 0 Å². The number of rotatable bonds is 4. The molecule has 0 aromatic heterocycles. The van der Waals surface area contributed by atoms with Crippen molar-refractivity contribution in [3.05, 3.63) is 62.9 Å². The summed E-state index contributed by atoms with van der Waals surface area (Å²) in [7, 11) is 1.41. The number of aromatic hydroxyl groups is 1. The zero-order valence-electron chi connectivity index (χ0n) is 22.5. The minimum absolute atomic E-state index is 0.116. The SMILES string of the molecule is CCN1C(=O)C2CC=C3C(CC4C(=O)N(c5ccc(F)c(Cl)c5)C(=O)C4(C)C3c3cc(Br)c(O)c(OC)c3)C2C1=O. The van der Waals surface area contributed by atoms with E-state index in [2.05, 4.69) is 15.9 Å². The van der Waals surface area contributed by atoms with Gasteiger partial charge in [-0.05, 0) is 84.4 Å². The van der Waals surface area contributed by atoms with Crippen molar-refractivity contribution < 1.29 is 33.4 Å². The van der Waals surface area contributed by atoms with E-state index in [0.717, 1.165) is 16.5 Å². The van der Waals surface area contributed by atoms with Crippen molar-refractivity contribution in [1.82, 2.24) is 4.90 Å². The van der Waals surface area contributed by atoms with Gasteiger partial charge in [0.2, 0.25) is 23.6 Å². The third-order valence-electron chi connectivity index (χ3n) is 9.45. The van der Waals surface area contributed by atoms with Crippen LogP contribution in [0.5, 0.6) is 11.5 Å². The molecule has 214 valence electrons. The highest BCUT2D eigenvalue weighted by Gasteiger charge is 2.67. The summed E-state index contributed by atoms with van der Waals surface area (Å²) in [4.78, 5) is 57.5. The van der Waals surface area contributed by atoms with Gasteiger partial charge in [0, 0.05) is 12.5 Å². The Labute approximate surface area is 249 Å². The highest BCUT2D eigenvalue weighted by molar-refractivity contribution is 9.10. The number of phenolic OH excluding ortho intramolecular Hbond substituents is 1. The zero-order chi connectivity index (χ0) is 29.5. The Kier molecular flexibility index (Phi) is 6.57. The summed E-state index contributed by atoms with van der Waals surface area (Å²) in [5.74, 6) is -5.21. The lowest BCUT2D eigenvalue weighted by Gasteiger charge is -2.49. The number of carbonyl (C=O) groups excluding carboxylic acids is 4. The Morgan fingerprint density at radius 1 is 1.12 bits per heavy atom. The number of nitrogens with zero attached hydrogens (tertiary/aromatic N) is 2. The number of likely N-dealkylation sites (tertiary alicyclic amines) is 1. The maximum Gasteiger partial charge on any atom is 0.241 e. The number of halogens is 3. The first kappa shape index (κ1) is 27.9. The summed E-state index contributed by atoms with van der Waals surface area (Å²) in [6.07, 6.45) is 2.48. The number of phenols is 1. The Balaban J connectivity index is 1.56. The number of allylic oxidation sites excluding steroid dienone is 2. The maximum absolute atomic E-state index is 14.4. The molecule has 2 aliphatic heterocycles. The number of anilines is 1.